The number of hydrogen-bond acceptors (Lipinski definition) is 4. The number of anilines is 1. The lowest BCUT2D eigenvalue weighted by Gasteiger charge is -2.36. The summed E-state index contributed by atoms with van der Waals surface area (Å²) in [5, 5.41) is 0. The number of para-hydroxylation sites is 1. The average Bonchev–Trinajstić information content (AvgIpc) is 2.55. The van der Waals surface area contributed by atoms with Gasteiger partial charge in [0, 0.05) is 32.4 Å². The molecule has 0 aliphatic carbocycles. The van der Waals surface area contributed by atoms with Gasteiger partial charge in [-0.05, 0) is 12.1 Å². The van der Waals surface area contributed by atoms with E-state index in [1.54, 1.807) is 23.1 Å². The largest absolute Gasteiger partial charge is 0.366 e. The summed E-state index contributed by atoms with van der Waals surface area (Å²) in [5.74, 6) is -0.617. The Kier molecular flexibility index (Phi) is 3.86. The van der Waals surface area contributed by atoms with Crippen LogP contribution in [0.15, 0.2) is 41.6 Å². The lowest BCUT2D eigenvalue weighted by atomic mass is 10.2. The first-order valence-corrected chi connectivity index (χ1v) is 6.98. The lowest BCUT2D eigenvalue weighted by Crippen LogP contribution is -2.49. The van der Waals surface area contributed by atoms with Gasteiger partial charge >= 0.3 is 0 Å². The molecule has 1 aromatic heterocycles. The van der Waals surface area contributed by atoms with Gasteiger partial charge in [0.15, 0.2) is 0 Å². The van der Waals surface area contributed by atoms with Crippen molar-refractivity contribution < 1.29 is 9.18 Å². The summed E-state index contributed by atoms with van der Waals surface area (Å²) in [7, 11) is 0. The maximum Gasteiger partial charge on any atom is 0.263 e. The summed E-state index contributed by atoms with van der Waals surface area (Å²) in [6.45, 7) is 1.90. The van der Waals surface area contributed by atoms with Crippen LogP contribution in [0.3, 0.4) is 0 Å². The highest BCUT2D eigenvalue weighted by Crippen LogP contribution is 2.20. The standard InChI is InChI=1S/C15H15FN4O2/c16-12-3-1-2-4-13(12)19-5-7-20(8-6-19)15(22)11-9-17-10-18-14(11)21/h1-4,9-10H,5-8H2,(H,17,18,21). The highest BCUT2D eigenvalue weighted by atomic mass is 19.1. The van der Waals surface area contributed by atoms with Crippen molar-refractivity contribution in [2.24, 2.45) is 0 Å². The molecule has 1 saturated heterocycles. The monoisotopic (exact) mass is 302 g/mol. The van der Waals surface area contributed by atoms with E-state index in [4.69, 9.17) is 0 Å². The number of rotatable bonds is 2. The molecule has 22 heavy (non-hydrogen) atoms. The summed E-state index contributed by atoms with van der Waals surface area (Å²) in [6.07, 6.45) is 2.51. The zero-order chi connectivity index (χ0) is 15.5. The van der Waals surface area contributed by atoms with E-state index in [2.05, 4.69) is 9.97 Å². The first-order chi connectivity index (χ1) is 10.7. The number of benzene rings is 1. The van der Waals surface area contributed by atoms with Gasteiger partial charge < -0.3 is 14.8 Å². The fourth-order valence-electron chi connectivity index (χ4n) is 2.53. The molecule has 0 atom stereocenters. The zero-order valence-corrected chi connectivity index (χ0v) is 11.8. The lowest BCUT2D eigenvalue weighted by molar-refractivity contribution is 0.0744. The predicted octanol–water partition coefficient (Wildman–Crippen LogP) is 0.871. The van der Waals surface area contributed by atoms with Crippen molar-refractivity contribution >= 4 is 11.6 Å². The van der Waals surface area contributed by atoms with E-state index in [0.29, 0.717) is 31.9 Å². The summed E-state index contributed by atoms with van der Waals surface area (Å²) >= 11 is 0. The molecule has 3 rings (SSSR count). The molecule has 1 aliphatic rings. The van der Waals surface area contributed by atoms with Crippen molar-refractivity contribution in [1.29, 1.82) is 0 Å². The minimum Gasteiger partial charge on any atom is -0.366 e. The molecule has 2 aromatic rings. The van der Waals surface area contributed by atoms with Gasteiger partial charge in [-0.2, -0.15) is 0 Å². The Labute approximate surface area is 126 Å². The number of aromatic amines is 1. The van der Waals surface area contributed by atoms with Crippen LogP contribution in [0.5, 0.6) is 0 Å². The van der Waals surface area contributed by atoms with Crippen LogP contribution in [0.2, 0.25) is 0 Å². The number of piperazine rings is 1. The number of carbonyl (C=O) groups is 1. The Hall–Kier alpha value is -2.70. The van der Waals surface area contributed by atoms with Gasteiger partial charge in [-0.25, -0.2) is 9.37 Å². The quantitative estimate of drug-likeness (QED) is 0.894. The molecule has 114 valence electrons. The number of nitrogens with zero attached hydrogens (tertiary/aromatic N) is 3. The van der Waals surface area contributed by atoms with Crippen LogP contribution in [-0.2, 0) is 0 Å². The Morgan fingerprint density at radius 2 is 1.91 bits per heavy atom. The highest BCUT2D eigenvalue weighted by Gasteiger charge is 2.25. The van der Waals surface area contributed by atoms with Gasteiger partial charge in [-0.15, -0.1) is 0 Å². The number of carbonyl (C=O) groups excluding carboxylic acids is 1. The smallest absolute Gasteiger partial charge is 0.263 e. The summed E-state index contributed by atoms with van der Waals surface area (Å²) in [5.41, 5.74) is 0.118. The van der Waals surface area contributed by atoms with E-state index in [1.807, 2.05) is 4.90 Å². The maximum absolute atomic E-state index is 13.8. The van der Waals surface area contributed by atoms with Crippen LogP contribution >= 0.6 is 0 Å². The Balaban J connectivity index is 1.70. The number of H-pyrrole nitrogens is 1. The minimum absolute atomic E-state index is 0.0295. The zero-order valence-electron chi connectivity index (χ0n) is 11.8. The number of amides is 1. The molecule has 1 aromatic carbocycles. The van der Waals surface area contributed by atoms with E-state index in [1.165, 1.54) is 18.6 Å². The van der Waals surface area contributed by atoms with Gasteiger partial charge in [0.25, 0.3) is 11.5 Å². The van der Waals surface area contributed by atoms with Crippen LogP contribution in [0, 0.1) is 5.82 Å². The molecule has 0 radical (unpaired) electrons. The van der Waals surface area contributed by atoms with E-state index >= 15 is 0 Å². The molecule has 1 amide bonds. The fraction of sp³-hybridized carbons (Fsp3) is 0.267. The number of halogens is 1. The third kappa shape index (κ3) is 2.69. The van der Waals surface area contributed by atoms with Gasteiger partial charge in [0.2, 0.25) is 0 Å². The molecule has 0 spiro atoms. The SMILES string of the molecule is O=C(c1cnc[nH]c1=O)N1CCN(c2ccccc2F)CC1. The number of aromatic nitrogens is 2. The first-order valence-electron chi connectivity index (χ1n) is 6.98. The van der Waals surface area contributed by atoms with E-state index in [-0.39, 0.29) is 17.3 Å². The summed E-state index contributed by atoms with van der Waals surface area (Å²) in [6, 6.07) is 6.57. The summed E-state index contributed by atoms with van der Waals surface area (Å²) in [4.78, 5) is 33.6. The maximum atomic E-state index is 13.8. The van der Waals surface area contributed by atoms with Crippen LogP contribution in [0.1, 0.15) is 10.4 Å². The topological polar surface area (TPSA) is 69.3 Å². The van der Waals surface area contributed by atoms with Crippen LogP contribution in [0.25, 0.3) is 0 Å². The Morgan fingerprint density at radius 1 is 1.18 bits per heavy atom. The van der Waals surface area contributed by atoms with Gasteiger partial charge in [-0.3, -0.25) is 9.59 Å². The van der Waals surface area contributed by atoms with Gasteiger partial charge in [-0.1, -0.05) is 12.1 Å². The second-order valence-electron chi connectivity index (χ2n) is 5.03. The van der Waals surface area contributed by atoms with Crippen LogP contribution in [0.4, 0.5) is 10.1 Å². The van der Waals surface area contributed by atoms with E-state index < -0.39 is 5.56 Å². The molecular formula is C15H15FN4O2. The molecule has 7 heteroatoms. The average molecular weight is 302 g/mol. The van der Waals surface area contributed by atoms with Crippen molar-refractivity contribution in [3.63, 3.8) is 0 Å². The molecule has 0 bridgehead atoms. The molecule has 6 nitrogen and oxygen atoms in total. The van der Waals surface area contributed by atoms with Gasteiger partial charge in [0.05, 0.1) is 12.0 Å². The van der Waals surface area contributed by atoms with Crippen LogP contribution in [-0.4, -0.2) is 47.0 Å². The van der Waals surface area contributed by atoms with Crippen molar-refractivity contribution in [2.45, 2.75) is 0 Å². The minimum atomic E-state index is -0.448. The second-order valence-corrected chi connectivity index (χ2v) is 5.03. The Morgan fingerprint density at radius 3 is 2.59 bits per heavy atom. The first kappa shape index (κ1) is 14.2. The predicted molar refractivity (Wildman–Crippen MR) is 79.4 cm³/mol. The highest BCUT2D eigenvalue weighted by molar-refractivity contribution is 5.93. The summed E-state index contributed by atoms with van der Waals surface area (Å²) < 4.78 is 13.8. The molecule has 1 N–H and O–H groups in total. The van der Waals surface area contributed by atoms with Crippen molar-refractivity contribution in [1.82, 2.24) is 14.9 Å². The second kappa shape index (κ2) is 5.97. The number of nitrogens with one attached hydrogen (secondary N) is 1. The third-order valence-corrected chi connectivity index (χ3v) is 3.71. The molecular weight excluding hydrogens is 287 g/mol. The molecule has 1 aliphatic heterocycles. The molecule has 0 unspecified atom stereocenters. The van der Waals surface area contributed by atoms with E-state index in [0.717, 1.165) is 0 Å². The molecule has 2 heterocycles. The van der Waals surface area contributed by atoms with Gasteiger partial charge in [0.1, 0.15) is 11.4 Å². The van der Waals surface area contributed by atoms with E-state index in [9.17, 15) is 14.0 Å². The Bertz CT molecular complexity index is 738. The van der Waals surface area contributed by atoms with Crippen LogP contribution < -0.4 is 10.5 Å². The van der Waals surface area contributed by atoms with Crippen molar-refractivity contribution in [3.05, 3.63) is 58.5 Å². The van der Waals surface area contributed by atoms with Crippen molar-refractivity contribution in [2.75, 3.05) is 31.1 Å². The molecule has 1 fully saturated rings. The fourth-order valence-corrected chi connectivity index (χ4v) is 2.53. The normalized spacial score (nSPS) is 15.0. The van der Waals surface area contributed by atoms with Crippen molar-refractivity contribution in [3.8, 4) is 0 Å². The number of hydrogen-bond donors (Lipinski definition) is 1. The third-order valence-electron chi connectivity index (χ3n) is 3.71. The molecule has 0 saturated carbocycles.